The highest BCUT2D eigenvalue weighted by molar-refractivity contribution is 6.14. The van der Waals surface area contributed by atoms with E-state index < -0.39 is 194 Å². The number of piperidine rings is 3. The average molecular weight is 1650 g/mol. The van der Waals surface area contributed by atoms with E-state index in [-0.39, 0.29) is 182 Å². The first-order chi connectivity index (χ1) is 65.0. The van der Waals surface area contributed by atoms with Crippen molar-refractivity contribution in [1.82, 2.24) is 88.1 Å². The summed E-state index contributed by atoms with van der Waals surface area (Å²) in [6.45, 7) is -23.2. The second kappa shape index (κ2) is 34.2. The number of rotatable bonds is 15. The zero-order valence-corrected chi connectivity index (χ0v) is 61.4. The lowest BCUT2D eigenvalue weighted by Crippen LogP contribution is -2.58. The number of fused-ring (bicyclic) bond motifs is 3. The number of carbonyl (C=O) groups is 6. The molecule has 0 aliphatic carbocycles. The Morgan fingerprint density at radius 2 is 0.812 bits per heavy atom. The topological polar surface area (TPSA) is 403 Å². The fourth-order valence-electron chi connectivity index (χ4n) is 14.0. The standard InChI is InChI=1S/3C25H29F2N9O3/c3*26-16-9-30-23-20(22(28)32-36(23)12-16)24(37)31-19-11-29-10-18(27)21(19)34-3-1-15(2-4-34)25(38)35-7-5-33(6-8-35)17-13-39-14-17/h3*9-12,15,17H,1-8,13-14H2,(H2,28,32)(H,31,37)/i5D2,6D2,7D2,8D2,9D;1D2,2D2,3D2,4D2,15D;5D2,8D2. The van der Waals surface area contributed by atoms with Crippen LogP contribution in [0, 0.1) is 52.6 Å². The Morgan fingerprint density at radius 3 is 1.25 bits per heavy atom. The SMILES string of the molecule is [2H]C1([2H])CN(C2COC2)C([2H])([2H])CN1C(=O)C1CCN(c2c(F)cncc2NC(=O)c2c(N)nn3cc(F)cnc23)CC1.[2H]C1([2H])N(c2c(F)cncc2NC(=O)c2c(N)nn3cc(F)cnc23)C([2H])([2H])C([2H])([2H])C([2H])(C(=O)N2CCN(C3COC3)CC2)C1([2H])[2H].[2H]c1nc2c(C(=O)Nc3cncc(F)c3N3CCC(C(=O)N4C([2H])([2H])C([2H])([2H])N(C5COC5)C([2H])([2H])C4([2H])[2H])CC3)c(N)nn2cc1F. The van der Waals surface area contributed by atoms with E-state index in [0.717, 1.165) is 79.1 Å². The van der Waals surface area contributed by atoms with Gasteiger partial charge in [0.15, 0.2) is 69.3 Å². The number of pyridine rings is 3. The second-order valence-corrected chi connectivity index (χ2v) is 27.7. The summed E-state index contributed by atoms with van der Waals surface area (Å²) in [5, 5.41) is 18.8. The van der Waals surface area contributed by atoms with Gasteiger partial charge >= 0.3 is 0 Å². The van der Waals surface area contributed by atoms with Gasteiger partial charge in [-0.15, -0.1) is 15.3 Å². The number of ether oxygens (including phenoxy) is 3. The highest BCUT2D eigenvalue weighted by atomic mass is 19.1. The smallest absolute Gasteiger partial charge is 0.263 e. The lowest BCUT2D eigenvalue weighted by Gasteiger charge is -2.43. The molecule has 117 heavy (non-hydrogen) atoms. The average Bonchev–Trinajstić information content (AvgIpc) is 1.38. The number of anilines is 9. The monoisotopic (exact) mass is 1650 g/mol. The quantitative estimate of drug-likeness (QED) is 0.0803. The van der Waals surface area contributed by atoms with Crippen LogP contribution in [0.4, 0.5) is 77.9 Å². The Bertz CT molecular complexity index is 6310. The van der Waals surface area contributed by atoms with Gasteiger partial charge in [0.05, 0.1) is 159 Å². The summed E-state index contributed by atoms with van der Waals surface area (Å²) in [6.07, 6.45) is 1.79. The molecule has 0 atom stereocenters. The predicted molar refractivity (Wildman–Crippen MR) is 412 cm³/mol. The van der Waals surface area contributed by atoms with E-state index in [2.05, 4.69) is 61.2 Å². The number of carbonyl (C=O) groups excluding carboxylic acids is 6. The van der Waals surface area contributed by atoms with Crippen LogP contribution in [0.5, 0.6) is 0 Å². The number of nitrogens with zero attached hydrogens (tertiary/aromatic N) is 21. The van der Waals surface area contributed by atoms with Crippen LogP contribution in [0.2, 0.25) is 0 Å². The lowest BCUT2D eigenvalue weighted by atomic mass is 9.94. The summed E-state index contributed by atoms with van der Waals surface area (Å²) in [4.78, 5) is 113. The van der Waals surface area contributed by atoms with Crippen molar-refractivity contribution < 1.29 is 99.5 Å². The number of nitrogens with one attached hydrogen (secondary N) is 3. The van der Waals surface area contributed by atoms with Crippen molar-refractivity contribution >= 4 is 104 Å². The summed E-state index contributed by atoms with van der Waals surface area (Å²) in [6, 6.07) is -1.09. The van der Waals surface area contributed by atoms with Crippen molar-refractivity contribution in [1.29, 1.82) is 0 Å². The van der Waals surface area contributed by atoms with Crippen molar-refractivity contribution in [3.8, 4) is 0 Å². The molecule has 0 bridgehead atoms. The minimum Gasteiger partial charge on any atom is -0.381 e. The van der Waals surface area contributed by atoms with E-state index in [4.69, 9.17) is 61.6 Å². The third-order valence-corrected chi connectivity index (χ3v) is 20.4. The molecule has 0 radical (unpaired) electrons. The molecule has 42 heteroatoms. The molecule has 0 spiro atoms. The van der Waals surface area contributed by atoms with E-state index in [1.807, 2.05) is 4.90 Å². The Balaban J connectivity index is 0.000000151. The molecule has 9 aliphatic rings. The van der Waals surface area contributed by atoms with Crippen molar-refractivity contribution in [2.75, 3.05) is 205 Å². The van der Waals surface area contributed by atoms with Gasteiger partial charge in [-0.1, -0.05) is 0 Å². The number of hydrogen-bond donors (Lipinski definition) is 6. The number of nitrogen functional groups attached to an aromatic ring is 3. The number of halogens is 6. The molecule has 9 aromatic heterocycles. The second-order valence-electron chi connectivity index (χ2n) is 27.7. The minimum atomic E-state index is -3.86. The Hall–Kier alpha value is -11.7. The van der Waals surface area contributed by atoms with Gasteiger partial charge in [-0.05, 0) is 38.4 Å². The summed E-state index contributed by atoms with van der Waals surface area (Å²) >= 11 is 0. The highest BCUT2D eigenvalue weighted by Gasteiger charge is 2.40. The molecule has 9 fully saturated rings. The molecule has 618 valence electrons. The fourth-order valence-corrected chi connectivity index (χ4v) is 14.0. The van der Waals surface area contributed by atoms with Crippen LogP contribution in [0.25, 0.3) is 16.9 Å². The van der Waals surface area contributed by atoms with Crippen LogP contribution in [0.15, 0.2) is 74.3 Å². The Labute approximate surface area is 695 Å². The van der Waals surface area contributed by atoms with Gasteiger partial charge in [-0.2, -0.15) is 0 Å². The summed E-state index contributed by atoms with van der Waals surface area (Å²) in [5.74, 6) is -18.0. The molecule has 9 saturated heterocycles. The van der Waals surface area contributed by atoms with Crippen LogP contribution in [0.1, 0.15) is 99.7 Å². The number of hydrogen-bond acceptors (Lipinski definition) is 27. The van der Waals surface area contributed by atoms with Gasteiger partial charge in [0.25, 0.3) is 17.7 Å². The first-order valence-corrected chi connectivity index (χ1v) is 36.5. The fraction of sp³-hybridized carbons (Fsp3) is 0.480. The predicted octanol–water partition coefficient (Wildman–Crippen LogP) is 2.99. The van der Waals surface area contributed by atoms with Crippen LogP contribution >= 0.6 is 0 Å². The van der Waals surface area contributed by atoms with Crippen LogP contribution in [-0.4, -0.2) is 299 Å². The van der Waals surface area contributed by atoms with E-state index in [0.29, 0.717) is 37.5 Å². The van der Waals surface area contributed by atoms with Crippen LogP contribution < -0.4 is 47.9 Å². The van der Waals surface area contributed by atoms with Crippen molar-refractivity contribution in [3.05, 3.63) is 126 Å². The molecule has 18 heterocycles. The minimum absolute atomic E-state index is 0.00716. The van der Waals surface area contributed by atoms with E-state index in [1.165, 1.54) is 16.0 Å². The van der Waals surface area contributed by atoms with E-state index in [9.17, 15) is 41.9 Å². The van der Waals surface area contributed by atoms with Gasteiger partial charge < -0.3 is 76.8 Å². The molecule has 36 nitrogen and oxygen atoms in total. The van der Waals surface area contributed by atoms with Crippen molar-refractivity contribution in [2.45, 2.75) is 56.6 Å². The van der Waals surface area contributed by atoms with Gasteiger partial charge in [0.1, 0.15) is 33.8 Å². The normalized spacial score (nSPS) is 26.7. The van der Waals surface area contributed by atoms with E-state index >= 15 is 13.2 Å². The summed E-state index contributed by atoms with van der Waals surface area (Å²) in [5.41, 5.74) is 14.1. The number of nitrogens with two attached hydrogens (primary N) is 3. The zero-order chi connectivity index (χ0) is 101. The van der Waals surface area contributed by atoms with Gasteiger partial charge in [0, 0.05) is 156 Å². The van der Waals surface area contributed by atoms with Crippen molar-refractivity contribution in [3.63, 3.8) is 0 Å². The molecule has 9 aliphatic heterocycles. The third kappa shape index (κ3) is 16.7. The highest BCUT2D eigenvalue weighted by Crippen LogP contribution is 2.38. The third-order valence-electron chi connectivity index (χ3n) is 20.4. The lowest BCUT2D eigenvalue weighted by molar-refractivity contribution is -0.141. The van der Waals surface area contributed by atoms with Gasteiger partial charge in [-0.25, -0.2) is 54.8 Å². The van der Waals surface area contributed by atoms with Crippen LogP contribution in [0.3, 0.4) is 0 Å². The zero-order valence-electron chi connectivity index (χ0n) is 83.4. The van der Waals surface area contributed by atoms with E-state index in [1.54, 1.807) is 4.90 Å². The van der Waals surface area contributed by atoms with Gasteiger partial charge in [-0.3, -0.25) is 58.4 Å². The number of aromatic nitrogens is 12. The van der Waals surface area contributed by atoms with Crippen molar-refractivity contribution in [2.24, 2.45) is 17.7 Å². The molecule has 0 saturated carbocycles. The molecular weight excluding hydrogens is 1540 g/mol. The van der Waals surface area contributed by atoms with Gasteiger partial charge in [0.2, 0.25) is 17.7 Å². The molecule has 0 aromatic carbocycles. The number of piperazine rings is 3. The molecule has 18 rings (SSSR count). The summed E-state index contributed by atoms with van der Waals surface area (Å²) in [7, 11) is 0. The molecular formula is C75H87F6N27O9. The molecule has 0 unspecified atom stereocenters. The van der Waals surface area contributed by atoms with Crippen LogP contribution in [-0.2, 0) is 28.6 Å². The Kier molecular flexibility index (Phi) is 16.5. The maximum absolute atomic E-state index is 15.7. The first kappa shape index (κ1) is 56.5. The number of amides is 6. The summed E-state index contributed by atoms with van der Waals surface area (Å²) < 4.78 is 295. The maximum atomic E-state index is 15.7. The molecule has 9 N–H and O–H groups in total. The Morgan fingerprint density at radius 1 is 0.410 bits per heavy atom. The molecule has 6 amide bonds. The largest absolute Gasteiger partial charge is 0.381 e. The first-order valence-electron chi connectivity index (χ1n) is 47.5. The maximum Gasteiger partial charge on any atom is 0.263 e. The molecule has 9 aromatic rings.